The number of methoxy groups -OCH3 is 1. The van der Waals surface area contributed by atoms with Gasteiger partial charge in [0.25, 0.3) is 5.91 Å². The molecule has 0 spiro atoms. The van der Waals surface area contributed by atoms with Gasteiger partial charge in [-0.3, -0.25) is 4.79 Å². The van der Waals surface area contributed by atoms with Gasteiger partial charge in [-0.1, -0.05) is 23.7 Å². The van der Waals surface area contributed by atoms with E-state index in [9.17, 15) is 4.79 Å². The van der Waals surface area contributed by atoms with Crippen LogP contribution < -0.4 is 14.9 Å². The summed E-state index contributed by atoms with van der Waals surface area (Å²) < 4.78 is 10.7. The van der Waals surface area contributed by atoms with Crippen LogP contribution in [-0.4, -0.2) is 25.3 Å². The maximum Gasteiger partial charge on any atom is 0.280 e. The number of hydrogen-bond acceptors (Lipinski definition) is 4. The van der Waals surface area contributed by atoms with E-state index in [2.05, 4.69) is 10.5 Å². The van der Waals surface area contributed by atoms with Crippen LogP contribution in [0.2, 0.25) is 5.02 Å². The first-order valence-corrected chi connectivity index (χ1v) is 7.36. The highest BCUT2D eigenvalue weighted by Gasteiger charge is 2.13. The SMILES string of the molecule is COc1ccccc1/C=N/NC(=O)C(C)Oc1ccc(Cl)cc1. The number of carbonyl (C=O) groups excluding carboxylic acids is 1. The molecule has 0 saturated heterocycles. The Kier molecular flexibility index (Phi) is 6.00. The fourth-order valence-electron chi connectivity index (χ4n) is 1.80. The van der Waals surface area contributed by atoms with Crippen LogP contribution in [0.4, 0.5) is 0 Å². The van der Waals surface area contributed by atoms with Crippen molar-refractivity contribution in [2.75, 3.05) is 7.11 Å². The molecular weight excluding hydrogens is 316 g/mol. The van der Waals surface area contributed by atoms with E-state index in [0.29, 0.717) is 16.5 Å². The second-order valence-corrected chi connectivity index (χ2v) is 5.13. The number of hydrogen-bond donors (Lipinski definition) is 1. The fourth-order valence-corrected chi connectivity index (χ4v) is 1.93. The molecule has 0 radical (unpaired) electrons. The van der Waals surface area contributed by atoms with Gasteiger partial charge in [0, 0.05) is 10.6 Å². The third-order valence-corrected chi connectivity index (χ3v) is 3.27. The predicted octanol–water partition coefficient (Wildman–Crippen LogP) is 3.27. The molecule has 1 amide bonds. The summed E-state index contributed by atoms with van der Waals surface area (Å²) in [5.41, 5.74) is 3.20. The van der Waals surface area contributed by atoms with Crippen molar-refractivity contribution in [3.8, 4) is 11.5 Å². The molecule has 0 heterocycles. The Morgan fingerprint density at radius 2 is 1.91 bits per heavy atom. The molecule has 2 aromatic rings. The van der Waals surface area contributed by atoms with Crippen LogP contribution in [0, 0.1) is 0 Å². The van der Waals surface area contributed by atoms with E-state index in [0.717, 1.165) is 5.56 Å². The molecule has 2 rings (SSSR count). The Hall–Kier alpha value is -2.53. The zero-order valence-electron chi connectivity index (χ0n) is 12.8. The summed E-state index contributed by atoms with van der Waals surface area (Å²) in [5, 5.41) is 4.53. The van der Waals surface area contributed by atoms with Gasteiger partial charge >= 0.3 is 0 Å². The van der Waals surface area contributed by atoms with Gasteiger partial charge in [0.05, 0.1) is 13.3 Å². The first kappa shape index (κ1) is 16.8. The number of carbonyl (C=O) groups is 1. The van der Waals surface area contributed by atoms with Crippen molar-refractivity contribution in [2.45, 2.75) is 13.0 Å². The van der Waals surface area contributed by atoms with Gasteiger partial charge in [0.1, 0.15) is 11.5 Å². The van der Waals surface area contributed by atoms with Crippen molar-refractivity contribution in [2.24, 2.45) is 5.10 Å². The first-order valence-electron chi connectivity index (χ1n) is 6.98. The fraction of sp³-hybridized carbons (Fsp3) is 0.176. The molecule has 1 atom stereocenters. The quantitative estimate of drug-likeness (QED) is 0.652. The monoisotopic (exact) mass is 332 g/mol. The molecule has 0 aromatic heterocycles. The molecule has 23 heavy (non-hydrogen) atoms. The summed E-state index contributed by atoms with van der Waals surface area (Å²) in [5.74, 6) is 0.882. The van der Waals surface area contributed by atoms with Gasteiger partial charge in [-0.15, -0.1) is 0 Å². The average Bonchev–Trinajstić information content (AvgIpc) is 2.57. The highest BCUT2D eigenvalue weighted by atomic mass is 35.5. The van der Waals surface area contributed by atoms with E-state index >= 15 is 0 Å². The van der Waals surface area contributed by atoms with Gasteiger partial charge in [-0.2, -0.15) is 5.10 Å². The summed E-state index contributed by atoms with van der Waals surface area (Å²) in [6.07, 6.45) is 0.831. The average molecular weight is 333 g/mol. The third-order valence-electron chi connectivity index (χ3n) is 3.01. The van der Waals surface area contributed by atoms with Crippen LogP contribution in [-0.2, 0) is 4.79 Å². The van der Waals surface area contributed by atoms with Crippen LogP contribution in [0.5, 0.6) is 11.5 Å². The molecule has 0 fully saturated rings. The lowest BCUT2D eigenvalue weighted by molar-refractivity contribution is -0.127. The molecular formula is C17H17ClN2O3. The smallest absolute Gasteiger partial charge is 0.280 e. The number of rotatable bonds is 6. The molecule has 1 N–H and O–H groups in total. The number of hydrazone groups is 1. The maximum absolute atomic E-state index is 12.0. The lowest BCUT2D eigenvalue weighted by Crippen LogP contribution is -2.33. The largest absolute Gasteiger partial charge is 0.496 e. The number of benzene rings is 2. The molecule has 0 aliphatic carbocycles. The van der Waals surface area contributed by atoms with Gasteiger partial charge < -0.3 is 9.47 Å². The summed E-state index contributed by atoms with van der Waals surface area (Å²) in [7, 11) is 1.58. The number of nitrogens with one attached hydrogen (secondary N) is 1. The van der Waals surface area contributed by atoms with Crippen LogP contribution in [0.1, 0.15) is 12.5 Å². The Labute approximate surface area is 139 Å². The molecule has 0 bridgehead atoms. The van der Waals surface area contributed by atoms with Crippen LogP contribution >= 0.6 is 11.6 Å². The van der Waals surface area contributed by atoms with Crippen LogP contribution in [0.25, 0.3) is 0 Å². The topological polar surface area (TPSA) is 59.9 Å². The van der Waals surface area contributed by atoms with Crippen LogP contribution in [0.3, 0.4) is 0 Å². The highest BCUT2D eigenvalue weighted by Crippen LogP contribution is 2.17. The van der Waals surface area contributed by atoms with Gasteiger partial charge in [-0.05, 0) is 43.3 Å². The van der Waals surface area contributed by atoms with E-state index in [-0.39, 0.29) is 5.91 Å². The van der Waals surface area contributed by atoms with Crippen molar-refractivity contribution in [1.82, 2.24) is 5.43 Å². The second-order valence-electron chi connectivity index (χ2n) is 4.69. The number of para-hydroxylation sites is 1. The lowest BCUT2D eigenvalue weighted by atomic mass is 10.2. The zero-order chi connectivity index (χ0) is 16.7. The minimum absolute atomic E-state index is 0.355. The summed E-state index contributed by atoms with van der Waals surface area (Å²) in [4.78, 5) is 12.0. The molecule has 0 aliphatic rings. The molecule has 1 unspecified atom stereocenters. The van der Waals surface area contributed by atoms with Gasteiger partial charge in [-0.25, -0.2) is 5.43 Å². The molecule has 0 aliphatic heterocycles. The normalized spacial score (nSPS) is 12.0. The van der Waals surface area contributed by atoms with Crippen molar-refractivity contribution in [3.63, 3.8) is 0 Å². The minimum Gasteiger partial charge on any atom is -0.496 e. The predicted molar refractivity (Wildman–Crippen MR) is 90.3 cm³/mol. The maximum atomic E-state index is 12.0. The van der Waals surface area contributed by atoms with E-state index in [1.54, 1.807) is 38.3 Å². The zero-order valence-corrected chi connectivity index (χ0v) is 13.6. The molecule has 6 heteroatoms. The Bertz CT molecular complexity index is 686. The van der Waals surface area contributed by atoms with E-state index < -0.39 is 6.10 Å². The van der Waals surface area contributed by atoms with E-state index in [1.165, 1.54) is 6.21 Å². The van der Waals surface area contributed by atoms with Crippen molar-refractivity contribution >= 4 is 23.7 Å². The minimum atomic E-state index is -0.689. The Morgan fingerprint density at radius 3 is 2.61 bits per heavy atom. The van der Waals surface area contributed by atoms with Gasteiger partial charge in [0.15, 0.2) is 6.10 Å². The highest BCUT2D eigenvalue weighted by molar-refractivity contribution is 6.30. The molecule has 120 valence electrons. The van der Waals surface area contributed by atoms with Crippen molar-refractivity contribution in [3.05, 3.63) is 59.1 Å². The standard InChI is InChI=1S/C17H17ClN2O3/c1-12(23-15-9-7-14(18)8-10-15)17(21)20-19-11-13-5-3-4-6-16(13)22-2/h3-12H,1-2H3,(H,20,21)/b19-11+. The molecule has 5 nitrogen and oxygen atoms in total. The van der Waals surface area contributed by atoms with Gasteiger partial charge in [0.2, 0.25) is 0 Å². The summed E-state index contributed by atoms with van der Waals surface area (Å²) in [6.45, 7) is 1.64. The first-order chi connectivity index (χ1) is 11.1. The van der Waals surface area contributed by atoms with E-state index in [1.807, 2.05) is 24.3 Å². The van der Waals surface area contributed by atoms with Crippen LogP contribution in [0.15, 0.2) is 53.6 Å². The molecule has 0 saturated carbocycles. The number of ether oxygens (including phenoxy) is 2. The number of halogens is 1. The summed E-state index contributed by atoms with van der Waals surface area (Å²) in [6, 6.07) is 14.2. The second kappa shape index (κ2) is 8.19. The number of nitrogens with zero attached hydrogens (tertiary/aromatic N) is 1. The third kappa shape index (κ3) is 5.00. The Morgan fingerprint density at radius 1 is 1.22 bits per heavy atom. The molecule has 2 aromatic carbocycles. The summed E-state index contributed by atoms with van der Waals surface area (Å²) >= 11 is 5.80. The van der Waals surface area contributed by atoms with Crippen molar-refractivity contribution in [1.29, 1.82) is 0 Å². The number of amides is 1. The Balaban J connectivity index is 1.90. The lowest BCUT2D eigenvalue weighted by Gasteiger charge is -2.12. The van der Waals surface area contributed by atoms with Crippen molar-refractivity contribution < 1.29 is 14.3 Å². The van der Waals surface area contributed by atoms with E-state index in [4.69, 9.17) is 21.1 Å².